The molecule has 4 heterocycles. The highest BCUT2D eigenvalue weighted by Gasteiger charge is 2.32. The van der Waals surface area contributed by atoms with Crippen LogP contribution >= 0.6 is 0 Å². The number of aryl methyl sites for hydroxylation is 3. The van der Waals surface area contributed by atoms with Crippen LogP contribution in [0, 0.1) is 6.92 Å². The Morgan fingerprint density at radius 1 is 1.22 bits per heavy atom. The van der Waals surface area contributed by atoms with Gasteiger partial charge in [-0.1, -0.05) is 6.92 Å². The summed E-state index contributed by atoms with van der Waals surface area (Å²) in [6, 6.07) is 1.78. The van der Waals surface area contributed by atoms with E-state index in [-0.39, 0.29) is 22.9 Å². The van der Waals surface area contributed by atoms with Crippen LogP contribution in [0.2, 0.25) is 0 Å². The van der Waals surface area contributed by atoms with Crippen molar-refractivity contribution in [3.8, 4) is 17.0 Å². The number of benzene rings is 1. The van der Waals surface area contributed by atoms with Crippen molar-refractivity contribution in [2.45, 2.75) is 51.9 Å². The van der Waals surface area contributed by atoms with Crippen molar-refractivity contribution in [2.24, 2.45) is 0 Å². The summed E-state index contributed by atoms with van der Waals surface area (Å²) in [6.45, 7) is 4.24. The zero-order chi connectivity index (χ0) is 22.6. The average Bonchev–Trinajstić information content (AvgIpc) is 3.35. The van der Waals surface area contributed by atoms with Gasteiger partial charge in [-0.25, -0.2) is 9.97 Å². The summed E-state index contributed by atoms with van der Waals surface area (Å²) in [6.07, 6.45) is 1.15. The lowest BCUT2D eigenvalue weighted by Crippen LogP contribution is -2.25. The lowest BCUT2D eigenvalue weighted by molar-refractivity contribution is -0.137. The molecule has 0 fully saturated rings. The molecule has 0 bridgehead atoms. The van der Waals surface area contributed by atoms with E-state index < -0.39 is 17.5 Å². The second-order valence-electron chi connectivity index (χ2n) is 7.95. The lowest BCUT2D eigenvalue weighted by atomic mass is 10.0. The zero-order valence-corrected chi connectivity index (χ0v) is 17.4. The molecule has 0 saturated heterocycles. The number of aromatic nitrogens is 7. The largest absolute Gasteiger partial charge is 0.507 e. The van der Waals surface area contributed by atoms with E-state index in [0.717, 1.165) is 37.0 Å². The number of aromatic hydroxyl groups is 1. The molecule has 1 N–H and O–H groups in total. The Morgan fingerprint density at radius 2 is 2.03 bits per heavy atom. The summed E-state index contributed by atoms with van der Waals surface area (Å²) >= 11 is 0. The summed E-state index contributed by atoms with van der Waals surface area (Å²) in [5, 5.41) is 23.3. The van der Waals surface area contributed by atoms with Crippen LogP contribution in [0.3, 0.4) is 0 Å². The van der Waals surface area contributed by atoms with Crippen molar-refractivity contribution in [3.63, 3.8) is 0 Å². The van der Waals surface area contributed by atoms with Crippen LogP contribution in [0.5, 0.6) is 5.75 Å². The molecule has 1 aromatic carbocycles. The fourth-order valence-electron chi connectivity index (χ4n) is 4.23. The number of halogens is 3. The molecule has 0 aliphatic carbocycles. The molecule has 4 aromatic rings. The first-order chi connectivity index (χ1) is 15.2. The minimum absolute atomic E-state index is 0.0875. The first kappa shape index (κ1) is 20.4. The Morgan fingerprint density at radius 3 is 2.75 bits per heavy atom. The van der Waals surface area contributed by atoms with Gasteiger partial charge in [0.1, 0.15) is 22.9 Å². The molecule has 0 amide bonds. The quantitative estimate of drug-likeness (QED) is 0.517. The second kappa shape index (κ2) is 7.28. The smallest absolute Gasteiger partial charge is 0.416 e. The number of hydrogen-bond acceptors (Lipinski definition) is 6. The Hall–Kier alpha value is -3.50. The van der Waals surface area contributed by atoms with E-state index in [0.29, 0.717) is 23.8 Å². The first-order valence-corrected chi connectivity index (χ1v) is 10.3. The minimum atomic E-state index is -4.54. The van der Waals surface area contributed by atoms with Crippen LogP contribution in [0.4, 0.5) is 13.2 Å². The van der Waals surface area contributed by atoms with Gasteiger partial charge in [0.15, 0.2) is 5.65 Å². The number of fused-ring (bicyclic) bond motifs is 2. The van der Waals surface area contributed by atoms with E-state index in [1.54, 1.807) is 0 Å². The third-order valence-corrected chi connectivity index (χ3v) is 5.83. The third-order valence-electron chi connectivity index (χ3n) is 5.83. The molecule has 32 heavy (non-hydrogen) atoms. The Labute approximate surface area is 180 Å². The van der Waals surface area contributed by atoms with Crippen LogP contribution < -0.4 is 0 Å². The molecule has 1 atom stereocenters. The monoisotopic (exact) mass is 443 g/mol. The predicted molar refractivity (Wildman–Crippen MR) is 109 cm³/mol. The maximum Gasteiger partial charge on any atom is 0.416 e. The van der Waals surface area contributed by atoms with Gasteiger partial charge < -0.3 is 9.67 Å². The summed E-state index contributed by atoms with van der Waals surface area (Å²) in [5.74, 6) is 1.42. The molecule has 0 saturated carbocycles. The Kier molecular flexibility index (Phi) is 4.64. The summed E-state index contributed by atoms with van der Waals surface area (Å²) in [7, 11) is 0. The average molecular weight is 443 g/mol. The van der Waals surface area contributed by atoms with Gasteiger partial charge >= 0.3 is 6.18 Å². The standard InChI is InChI=1S/C21H20F3N7O/c1-3-17-27-28-18-5-4-13(9-30(17)18)31-10-15-20(29-31)26-14(8-25-15)19-11(2)6-12(7-16(19)32)21(22,23)24/h6-8,10,13,32H,3-5,9H2,1-2H3. The summed E-state index contributed by atoms with van der Waals surface area (Å²) < 4.78 is 43.0. The lowest BCUT2D eigenvalue weighted by Gasteiger charge is -2.24. The van der Waals surface area contributed by atoms with E-state index in [9.17, 15) is 18.3 Å². The molecule has 166 valence electrons. The number of rotatable bonds is 3. The summed E-state index contributed by atoms with van der Waals surface area (Å²) in [4.78, 5) is 8.86. The molecule has 1 unspecified atom stereocenters. The molecule has 8 nitrogen and oxygen atoms in total. The number of phenols is 1. The molecular weight excluding hydrogens is 423 g/mol. The van der Waals surface area contributed by atoms with Gasteiger partial charge in [0.05, 0.1) is 29.7 Å². The van der Waals surface area contributed by atoms with Crippen molar-refractivity contribution in [2.75, 3.05) is 0 Å². The molecule has 5 rings (SSSR count). The number of phenolic OH excluding ortho intramolecular Hbond substituents is 1. The SMILES string of the molecule is CCc1nnc2n1CC(n1cc3ncc(-c4c(C)cc(C(F)(F)F)cc4O)nc3n1)CC2. The van der Waals surface area contributed by atoms with Crippen LogP contribution in [0.25, 0.3) is 22.4 Å². The van der Waals surface area contributed by atoms with Crippen molar-refractivity contribution < 1.29 is 18.3 Å². The van der Waals surface area contributed by atoms with Gasteiger partial charge in [0, 0.05) is 24.9 Å². The van der Waals surface area contributed by atoms with Gasteiger partial charge in [0.25, 0.3) is 0 Å². The van der Waals surface area contributed by atoms with E-state index in [4.69, 9.17) is 0 Å². The molecule has 11 heteroatoms. The minimum Gasteiger partial charge on any atom is -0.507 e. The maximum atomic E-state index is 13.0. The van der Waals surface area contributed by atoms with E-state index in [2.05, 4.69) is 29.8 Å². The normalized spacial score (nSPS) is 16.5. The molecule has 0 spiro atoms. The van der Waals surface area contributed by atoms with Crippen LogP contribution in [-0.2, 0) is 25.6 Å². The van der Waals surface area contributed by atoms with E-state index in [1.807, 2.05) is 17.8 Å². The van der Waals surface area contributed by atoms with Gasteiger partial charge in [0.2, 0.25) is 0 Å². The van der Waals surface area contributed by atoms with Crippen molar-refractivity contribution >= 4 is 11.2 Å². The fourth-order valence-corrected chi connectivity index (χ4v) is 4.23. The number of nitrogens with zero attached hydrogens (tertiary/aromatic N) is 7. The van der Waals surface area contributed by atoms with Crippen LogP contribution in [0.1, 0.15) is 42.2 Å². The van der Waals surface area contributed by atoms with E-state index >= 15 is 0 Å². The highest BCUT2D eigenvalue weighted by molar-refractivity contribution is 5.77. The third kappa shape index (κ3) is 3.37. The summed E-state index contributed by atoms with van der Waals surface area (Å²) in [5.41, 5.74) is 0.761. The molecule has 1 aliphatic rings. The van der Waals surface area contributed by atoms with Crippen LogP contribution in [-0.4, -0.2) is 39.6 Å². The van der Waals surface area contributed by atoms with Crippen molar-refractivity contribution in [1.82, 2.24) is 34.5 Å². The molecule has 0 radical (unpaired) electrons. The van der Waals surface area contributed by atoms with Crippen molar-refractivity contribution in [3.05, 3.63) is 47.3 Å². The number of alkyl halides is 3. The fraction of sp³-hybridized carbons (Fsp3) is 0.381. The van der Waals surface area contributed by atoms with Gasteiger partial charge in [-0.05, 0) is 31.0 Å². The molecular formula is C21H20F3N7O. The van der Waals surface area contributed by atoms with Crippen molar-refractivity contribution in [1.29, 1.82) is 0 Å². The second-order valence-corrected chi connectivity index (χ2v) is 7.95. The van der Waals surface area contributed by atoms with Crippen LogP contribution in [0.15, 0.2) is 24.5 Å². The zero-order valence-electron chi connectivity index (χ0n) is 17.4. The highest BCUT2D eigenvalue weighted by Crippen LogP contribution is 2.38. The molecule has 3 aromatic heterocycles. The Bertz CT molecular complexity index is 1290. The van der Waals surface area contributed by atoms with Gasteiger partial charge in [-0.15, -0.1) is 10.2 Å². The predicted octanol–water partition coefficient (Wildman–Crippen LogP) is 3.87. The van der Waals surface area contributed by atoms with Gasteiger partial charge in [-0.3, -0.25) is 4.68 Å². The first-order valence-electron chi connectivity index (χ1n) is 10.3. The Balaban J connectivity index is 1.49. The topological polar surface area (TPSA) is 94.5 Å². The maximum absolute atomic E-state index is 13.0. The van der Waals surface area contributed by atoms with E-state index in [1.165, 1.54) is 13.1 Å². The highest BCUT2D eigenvalue weighted by atomic mass is 19.4. The number of hydrogen-bond donors (Lipinski definition) is 1. The van der Waals surface area contributed by atoms with Gasteiger partial charge in [-0.2, -0.15) is 18.3 Å². The molecule has 1 aliphatic heterocycles.